The molecule has 10 heteroatoms. The van der Waals surface area contributed by atoms with Gasteiger partial charge in [-0.2, -0.15) is 0 Å². The van der Waals surface area contributed by atoms with E-state index < -0.39 is 30.4 Å². The molecule has 0 bridgehead atoms. The third-order valence-corrected chi connectivity index (χ3v) is 6.22. The average molecular weight is 496 g/mol. The molecule has 8 nitrogen and oxygen atoms in total. The van der Waals surface area contributed by atoms with Crippen LogP contribution >= 0.6 is 11.3 Å². The monoisotopic (exact) mass is 495 g/mol. The van der Waals surface area contributed by atoms with Crippen molar-refractivity contribution in [2.75, 3.05) is 13.2 Å². The first-order valence-electron chi connectivity index (χ1n) is 10.7. The van der Waals surface area contributed by atoms with Gasteiger partial charge in [-0.05, 0) is 55.3 Å². The predicted molar refractivity (Wildman–Crippen MR) is 124 cm³/mol. The highest BCUT2D eigenvalue weighted by atomic mass is 32.1. The summed E-state index contributed by atoms with van der Waals surface area (Å²) in [5.41, 5.74) is 1.49. The molecule has 0 aliphatic carbocycles. The molecule has 0 fully saturated rings. The normalized spacial score (nSPS) is 15.4. The molecule has 35 heavy (non-hydrogen) atoms. The molecule has 3 aromatic rings. The molecule has 0 radical (unpaired) electrons. The van der Waals surface area contributed by atoms with Crippen molar-refractivity contribution in [3.63, 3.8) is 0 Å². The summed E-state index contributed by atoms with van der Waals surface area (Å²) in [4.78, 5) is 41.7. The number of thiazole rings is 1. The summed E-state index contributed by atoms with van der Waals surface area (Å²) in [5.74, 6) is -2.02. The lowest BCUT2D eigenvalue weighted by atomic mass is 9.96. The second-order valence-corrected chi connectivity index (χ2v) is 8.59. The number of hydrogen-bond donors (Lipinski definition) is 0. The SMILES string of the molecule is CCOC(=O)C1=C(C)N=c2s/c(=C\c3ccc(OCC(=O)[O-])cc3)c(=O)n2[C@@H]1c1ccc(F)cc1. The minimum absolute atomic E-state index is 0.152. The molecular weight excluding hydrogens is 475 g/mol. The highest BCUT2D eigenvalue weighted by Gasteiger charge is 2.33. The van der Waals surface area contributed by atoms with Gasteiger partial charge in [0.15, 0.2) is 4.80 Å². The minimum Gasteiger partial charge on any atom is -0.546 e. The van der Waals surface area contributed by atoms with E-state index in [1.165, 1.54) is 28.8 Å². The van der Waals surface area contributed by atoms with Gasteiger partial charge in [-0.1, -0.05) is 35.6 Å². The van der Waals surface area contributed by atoms with E-state index in [1.54, 1.807) is 44.2 Å². The smallest absolute Gasteiger partial charge is 0.338 e. The van der Waals surface area contributed by atoms with Gasteiger partial charge < -0.3 is 19.4 Å². The Balaban J connectivity index is 1.81. The lowest BCUT2D eigenvalue weighted by Crippen LogP contribution is -2.39. The number of hydrogen-bond acceptors (Lipinski definition) is 8. The van der Waals surface area contributed by atoms with Crippen molar-refractivity contribution in [1.29, 1.82) is 0 Å². The minimum atomic E-state index is -1.33. The fourth-order valence-electron chi connectivity index (χ4n) is 3.71. The van der Waals surface area contributed by atoms with E-state index in [1.807, 2.05) is 0 Å². The summed E-state index contributed by atoms with van der Waals surface area (Å²) in [6.45, 7) is 2.94. The number of esters is 1. The van der Waals surface area contributed by atoms with Gasteiger partial charge in [0.2, 0.25) is 0 Å². The number of carboxylic acids is 1. The molecule has 2 aromatic carbocycles. The number of aromatic nitrogens is 1. The van der Waals surface area contributed by atoms with E-state index in [9.17, 15) is 23.9 Å². The number of nitrogens with zero attached hydrogens (tertiary/aromatic N) is 2. The van der Waals surface area contributed by atoms with Crippen LogP contribution in [0.5, 0.6) is 5.75 Å². The Morgan fingerprint density at radius 3 is 2.49 bits per heavy atom. The fourth-order valence-corrected chi connectivity index (χ4v) is 4.75. The second kappa shape index (κ2) is 10.1. The molecule has 0 spiro atoms. The Morgan fingerprint density at radius 2 is 1.86 bits per heavy atom. The van der Waals surface area contributed by atoms with Gasteiger partial charge in [0.25, 0.3) is 5.56 Å². The number of aliphatic carboxylic acids is 1. The summed E-state index contributed by atoms with van der Waals surface area (Å²) in [7, 11) is 0. The van der Waals surface area contributed by atoms with Gasteiger partial charge in [-0.15, -0.1) is 0 Å². The average Bonchev–Trinajstić information content (AvgIpc) is 3.12. The third kappa shape index (κ3) is 5.07. The molecular formula is C25H20FN2O6S-. The summed E-state index contributed by atoms with van der Waals surface area (Å²) in [6.07, 6.45) is 1.66. The fraction of sp³-hybridized carbons (Fsp3) is 0.200. The van der Waals surface area contributed by atoms with E-state index in [-0.39, 0.29) is 17.7 Å². The third-order valence-electron chi connectivity index (χ3n) is 5.24. The summed E-state index contributed by atoms with van der Waals surface area (Å²) >= 11 is 1.16. The number of ether oxygens (including phenoxy) is 2. The van der Waals surface area contributed by atoms with Crippen LogP contribution in [0.1, 0.15) is 31.0 Å². The molecule has 180 valence electrons. The van der Waals surface area contributed by atoms with Crippen molar-refractivity contribution < 1.29 is 28.6 Å². The summed E-state index contributed by atoms with van der Waals surface area (Å²) in [6, 6.07) is 11.3. The van der Waals surface area contributed by atoms with Crippen LogP contribution in [-0.4, -0.2) is 29.7 Å². The number of benzene rings is 2. The molecule has 0 unspecified atom stereocenters. The first kappa shape index (κ1) is 24.1. The van der Waals surface area contributed by atoms with Crippen LogP contribution in [0.3, 0.4) is 0 Å². The van der Waals surface area contributed by atoms with Crippen LogP contribution in [0.2, 0.25) is 0 Å². The molecule has 1 aromatic heterocycles. The van der Waals surface area contributed by atoms with E-state index in [0.717, 1.165) is 11.3 Å². The van der Waals surface area contributed by atoms with Crippen LogP contribution in [0.15, 0.2) is 69.6 Å². The number of fused-ring (bicyclic) bond motifs is 1. The molecule has 0 N–H and O–H groups in total. The number of carbonyl (C=O) groups is 2. The maximum atomic E-state index is 13.6. The predicted octanol–water partition coefficient (Wildman–Crippen LogP) is 1.07. The standard InChI is InChI=1S/C25H21FN2O6S/c1-3-33-24(32)21-14(2)27-25-28(22(21)16-6-8-17(26)9-7-16)23(31)19(35-25)12-15-4-10-18(11-5-15)34-13-20(29)30/h4-12,22H,3,13H2,1-2H3,(H,29,30)/p-1/b19-12-/t22-/m1/s1. The zero-order valence-electron chi connectivity index (χ0n) is 18.8. The van der Waals surface area contributed by atoms with Crippen molar-refractivity contribution >= 4 is 29.4 Å². The van der Waals surface area contributed by atoms with Crippen molar-refractivity contribution in [2.24, 2.45) is 4.99 Å². The molecule has 4 rings (SSSR count). The molecule has 0 saturated carbocycles. The second-order valence-electron chi connectivity index (χ2n) is 7.58. The number of carboxylic acid groups (broad SMARTS) is 1. The first-order valence-corrected chi connectivity index (χ1v) is 11.5. The number of allylic oxidation sites excluding steroid dienone is 1. The van der Waals surface area contributed by atoms with Crippen LogP contribution < -0.4 is 24.7 Å². The lowest BCUT2D eigenvalue weighted by molar-refractivity contribution is -0.307. The van der Waals surface area contributed by atoms with Crippen molar-refractivity contribution in [3.8, 4) is 5.75 Å². The van der Waals surface area contributed by atoms with Crippen LogP contribution in [0.25, 0.3) is 6.08 Å². The summed E-state index contributed by atoms with van der Waals surface area (Å²) in [5, 5.41) is 10.5. The Bertz CT molecular complexity index is 1490. The van der Waals surface area contributed by atoms with E-state index in [0.29, 0.717) is 31.9 Å². The largest absolute Gasteiger partial charge is 0.546 e. The van der Waals surface area contributed by atoms with Crippen LogP contribution in [0, 0.1) is 5.82 Å². The molecule has 1 aliphatic rings. The van der Waals surface area contributed by atoms with E-state index in [2.05, 4.69) is 4.99 Å². The van der Waals surface area contributed by atoms with E-state index >= 15 is 0 Å². The molecule has 1 atom stereocenters. The molecule has 0 amide bonds. The van der Waals surface area contributed by atoms with Gasteiger partial charge in [-0.3, -0.25) is 9.36 Å². The molecule has 2 heterocycles. The Labute approximate surface area is 202 Å². The zero-order valence-corrected chi connectivity index (χ0v) is 19.6. The lowest BCUT2D eigenvalue weighted by Gasteiger charge is -2.24. The zero-order chi connectivity index (χ0) is 25.1. The van der Waals surface area contributed by atoms with Crippen molar-refractivity contribution in [3.05, 3.63) is 96.4 Å². The van der Waals surface area contributed by atoms with Crippen LogP contribution in [0.4, 0.5) is 4.39 Å². The number of rotatable bonds is 7. The highest BCUT2D eigenvalue weighted by molar-refractivity contribution is 7.07. The molecule has 1 aliphatic heterocycles. The van der Waals surface area contributed by atoms with Crippen LogP contribution in [-0.2, 0) is 14.3 Å². The maximum Gasteiger partial charge on any atom is 0.338 e. The van der Waals surface area contributed by atoms with Crippen molar-refractivity contribution in [2.45, 2.75) is 19.9 Å². The Kier molecular flexibility index (Phi) is 6.92. The van der Waals surface area contributed by atoms with Crippen molar-refractivity contribution in [1.82, 2.24) is 4.57 Å². The maximum absolute atomic E-state index is 13.6. The van der Waals surface area contributed by atoms with Gasteiger partial charge in [0, 0.05) is 0 Å². The number of halogens is 1. The number of carbonyl (C=O) groups excluding carboxylic acids is 2. The van der Waals surface area contributed by atoms with Gasteiger partial charge in [0.05, 0.1) is 34.4 Å². The van der Waals surface area contributed by atoms with Gasteiger partial charge in [-0.25, -0.2) is 14.2 Å². The molecule has 0 saturated heterocycles. The Morgan fingerprint density at radius 1 is 1.17 bits per heavy atom. The first-order chi connectivity index (χ1) is 16.8. The Hall–Kier alpha value is -4.05. The van der Waals surface area contributed by atoms with Gasteiger partial charge >= 0.3 is 5.97 Å². The summed E-state index contributed by atoms with van der Waals surface area (Å²) < 4.78 is 25.7. The highest BCUT2D eigenvalue weighted by Crippen LogP contribution is 2.30. The quantitative estimate of drug-likeness (QED) is 0.454. The topological polar surface area (TPSA) is 110 Å². The van der Waals surface area contributed by atoms with Gasteiger partial charge in [0.1, 0.15) is 18.2 Å². The van der Waals surface area contributed by atoms with E-state index in [4.69, 9.17) is 9.47 Å².